The number of ether oxygens (including phenoxy) is 1. The molecule has 2 N–H and O–H groups in total. The molecule has 0 aliphatic heterocycles. The molecule has 1 rings (SSSR count). The van der Waals surface area contributed by atoms with Gasteiger partial charge in [0, 0.05) is 11.8 Å². The van der Waals surface area contributed by atoms with Gasteiger partial charge in [-0.1, -0.05) is 0 Å². The highest BCUT2D eigenvalue weighted by Gasteiger charge is 2.09. The van der Waals surface area contributed by atoms with E-state index in [2.05, 4.69) is 50.2 Å². The summed E-state index contributed by atoms with van der Waals surface area (Å²) >= 11 is 8.85. The van der Waals surface area contributed by atoms with Gasteiger partial charge in [-0.3, -0.25) is 0 Å². The van der Waals surface area contributed by atoms with E-state index >= 15 is 0 Å². The highest BCUT2D eigenvalue weighted by atomic mass is 79.9. The third-order valence-corrected chi connectivity index (χ3v) is 3.90. The van der Waals surface area contributed by atoms with Crippen LogP contribution in [0.5, 0.6) is 5.75 Å². The van der Waals surface area contributed by atoms with Gasteiger partial charge >= 0.3 is 0 Å². The van der Waals surface area contributed by atoms with Gasteiger partial charge in [-0.15, -0.1) is 0 Å². The standard InChI is InChI=1S/C12H17Br2NOS/c1-8(15)5-9-6-10(13)12(11(14)7-9)16-3-4-17-2/h6-8H,3-5,15H2,1-2H3. The fourth-order valence-corrected chi connectivity index (χ4v) is 3.23. The van der Waals surface area contributed by atoms with Crippen molar-refractivity contribution < 1.29 is 4.74 Å². The summed E-state index contributed by atoms with van der Waals surface area (Å²) in [4.78, 5) is 0. The van der Waals surface area contributed by atoms with Crippen molar-refractivity contribution >= 4 is 43.6 Å². The number of rotatable bonds is 6. The van der Waals surface area contributed by atoms with Crippen LogP contribution in [0.15, 0.2) is 21.1 Å². The molecule has 1 unspecified atom stereocenters. The van der Waals surface area contributed by atoms with Crippen LogP contribution in [0.3, 0.4) is 0 Å². The molecule has 2 nitrogen and oxygen atoms in total. The lowest BCUT2D eigenvalue weighted by atomic mass is 10.1. The molecular formula is C12H17Br2NOS. The van der Waals surface area contributed by atoms with E-state index < -0.39 is 0 Å². The summed E-state index contributed by atoms with van der Waals surface area (Å²) in [6, 6.07) is 4.31. The Morgan fingerprint density at radius 3 is 2.41 bits per heavy atom. The fraction of sp³-hybridized carbons (Fsp3) is 0.500. The topological polar surface area (TPSA) is 35.2 Å². The van der Waals surface area contributed by atoms with Crippen molar-refractivity contribution in [1.82, 2.24) is 0 Å². The minimum atomic E-state index is 0.164. The molecule has 0 saturated carbocycles. The summed E-state index contributed by atoms with van der Waals surface area (Å²) in [5.74, 6) is 1.85. The first-order valence-electron chi connectivity index (χ1n) is 5.39. The number of hydrogen-bond donors (Lipinski definition) is 1. The molecule has 5 heteroatoms. The van der Waals surface area contributed by atoms with Gasteiger partial charge in [-0.25, -0.2) is 0 Å². The first kappa shape index (κ1) is 15.3. The predicted molar refractivity (Wildman–Crippen MR) is 83.1 cm³/mol. The Bertz CT molecular complexity index is 349. The van der Waals surface area contributed by atoms with Crippen LogP contribution in [0, 0.1) is 0 Å². The Kier molecular flexibility index (Phi) is 6.92. The van der Waals surface area contributed by atoms with Crippen molar-refractivity contribution in [1.29, 1.82) is 0 Å². The monoisotopic (exact) mass is 381 g/mol. The van der Waals surface area contributed by atoms with Crippen LogP contribution in [-0.2, 0) is 6.42 Å². The van der Waals surface area contributed by atoms with E-state index in [1.165, 1.54) is 5.56 Å². The molecule has 1 atom stereocenters. The van der Waals surface area contributed by atoms with E-state index in [-0.39, 0.29) is 6.04 Å². The molecule has 1 aromatic carbocycles. The zero-order valence-electron chi connectivity index (χ0n) is 10.0. The molecule has 0 aliphatic rings. The van der Waals surface area contributed by atoms with Crippen molar-refractivity contribution in [2.45, 2.75) is 19.4 Å². The molecule has 96 valence electrons. The number of thioether (sulfide) groups is 1. The van der Waals surface area contributed by atoms with Crippen LogP contribution in [0.1, 0.15) is 12.5 Å². The van der Waals surface area contributed by atoms with Gasteiger partial charge in [0.2, 0.25) is 0 Å². The van der Waals surface area contributed by atoms with E-state index in [4.69, 9.17) is 10.5 Å². The van der Waals surface area contributed by atoms with E-state index in [0.717, 1.165) is 26.9 Å². The summed E-state index contributed by atoms with van der Waals surface area (Å²) in [6.45, 7) is 2.72. The smallest absolute Gasteiger partial charge is 0.147 e. The Balaban J connectivity index is 2.79. The zero-order valence-corrected chi connectivity index (χ0v) is 14.0. The second-order valence-electron chi connectivity index (χ2n) is 3.91. The van der Waals surface area contributed by atoms with Crippen molar-refractivity contribution in [3.8, 4) is 5.75 Å². The minimum Gasteiger partial charge on any atom is -0.490 e. The lowest BCUT2D eigenvalue weighted by Gasteiger charge is -2.13. The Labute approximate surface area is 124 Å². The van der Waals surface area contributed by atoms with Crippen LogP contribution in [-0.4, -0.2) is 24.7 Å². The van der Waals surface area contributed by atoms with Crippen LogP contribution >= 0.6 is 43.6 Å². The molecule has 0 fully saturated rings. The number of benzene rings is 1. The molecular weight excluding hydrogens is 366 g/mol. The van der Waals surface area contributed by atoms with Gasteiger partial charge in [0.05, 0.1) is 15.6 Å². The Morgan fingerprint density at radius 1 is 1.35 bits per heavy atom. The normalized spacial score (nSPS) is 12.5. The molecule has 0 heterocycles. The second-order valence-corrected chi connectivity index (χ2v) is 6.61. The molecule has 17 heavy (non-hydrogen) atoms. The lowest BCUT2D eigenvalue weighted by Crippen LogP contribution is -2.17. The van der Waals surface area contributed by atoms with E-state index in [0.29, 0.717) is 6.61 Å². The highest BCUT2D eigenvalue weighted by molar-refractivity contribution is 9.11. The summed E-state index contributed by atoms with van der Waals surface area (Å²) in [6.07, 6.45) is 2.93. The van der Waals surface area contributed by atoms with Crippen molar-refractivity contribution in [2.24, 2.45) is 5.73 Å². The maximum atomic E-state index is 5.80. The fourth-order valence-electron chi connectivity index (χ4n) is 1.47. The SMILES string of the molecule is CSCCOc1c(Br)cc(CC(C)N)cc1Br. The first-order chi connectivity index (χ1) is 8.04. The zero-order chi connectivity index (χ0) is 12.8. The van der Waals surface area contributed by atoms with Gasteiger partial charge in [0.25, 0.3) is 0 Å². The largest absolute Gasteiger partial charge is 0.490 e. The molecule has 0 saturated heterocycles. The predicted octanol–water partition coefficient (Wildman–Crippen LogP) is 3.84. The molecule has 0 aromatic heterocycles. The first-order valence-corrected chi connectivity index (χ1v) is 8.37. The van der Waals surface area contributed by atoms with Crippen LogP contribution < -0.4 is 10.5 Å². The number of halogens is 2. The third-order valence-electron chi connectivity index (χ3n) is 2.15. The quantitative estimate of drug-likeness (QED) is 0.759. The third kappa shape index (κ3) is 5.20. The van der Waals surface area contributed by atoms with Crippen molar-refractivity contribution in [2.75, 3.05) is 18.6 Å². The minimum absolute atomic E-state index is 0.164. The van der Waals surface area contributed by atoms with Gasteiger partial charge in [0.1, 0.15) is 5.75 Å². The summed E-state index contributed by atoms with van der Waals surface area (Å²) in [5, 5.41) is 0. The Morgan fingerprint density at radius 2 is 1.94 bits per heavy atom. The van der Waals surface area contributed by atoms with Gasteiger partial charge < -0.3 is 10.5 Å². The summed E-state index contributed by atoms with van der Waals surface area (Å²) in [7, 11) is 0. The van der Waals surface area contributed by atoms with Crippen LogP contribution in [0.4, 0.5) is 0 Å². The average molecular weight is 383 g/mol. The Hall–Kier alpha value is 0.290. The second kappa shape index (κ2) is 7.67. The maximum absolute atomic E-state index is 5.80. The van der Waals surface area contributed by atoms with E-state index in [9.17, 15) is 0 Å². The van der Waals surface area contributed by atoms with E-state index in [1.807, 2.05) is 6.92 Å². The van der Waals surface area contributed by atoms with Gasteiger partial charge in [-0.2, -0.15) is 11.8 Å². The van der Waals surface area contributed by atoms with Crippen molar-refractivity contribution in [3.05, 3.63) is 26.6 Å². The van der Waals surface area contributed by atoms with E-state index in [1.54, 1.807) is 11.8 Å². The molecule has 0 radical (unpaired) electrons. The maximum Gasteiger partial charge on any atom is 0.147 e. The summed E-state index contributed by atoms with van der Waals surface area (Å²) in [5.41, 5.74) is 7.00. The lowest BCUT2D eigenvalue weighted by molar-refractivity contribution is 0.339. The van der Waals surface area contributed by atoms with Gasteiger partial charge in [-0.05, 0) is 69.2 Å². The average Bonchev–Trinajstić information content (AvgIpc) is 2.21. The highest BCUT2D eigenvalue weighted by Crippen LogP contribution is 2.35. The van der Waals surface area contributed by atoms with Gasteiger partial charge in [0.15, 0.2) is 0 Å². The number of hydrogen-bond acceptors (Lipinski definition) is 3. The molecule has 0 bridgehead atoms. The van der Waals surface area contributed by atoms with Crippen molar-refractivity contribution in [3.63, 3.8) is 0 Å². The molecule has 0 amide bonds. The number of nitrogens with two attached hydrogens (primary N) is 1. The van der Waals surface area contributed by atoms with Crippen LogP contribution in [0.2, 0.25) is 0 Å². The molecule has 0 spiro atoms. The molecule has 1 aromatic rings. The summed E-state index contributed by atoms with van der Waals surface area (Å²) < 4.78 is 7.67. The molecule has 0 aliphatic carbocycles. The van der Waals surface area contributed by atoms with Crippen LogP contribution in [0.25, 0.3) is 0 Å².